The fourth-order valence-corrected chi connectivity index (χ4v) is 7.33. The first-order valence-corrected chi connectivity index (χ1v) is 24.6. The summed E-state index contributed by atoms with van der Waals surface area (Å²) in [7, 11) is 4.99. The Morgan fingerprint density at radius 1 is 0.943 bits per heavy atom. The second kappa shape index (κ2) is 44.3. The van der Waals surface area contributed by atoms with Gasteiger partial charge in [0, 0.05) is 94.1 Å². The van der Waals surface area contributed by atoms with Crippen LogP contribution in [0, 0.1) is 17.8 Å². The maximum Gasteiger partial charge on any atom is 0.221 e. The van der Waals surface area contributed by atoms with E-state index >= 15 is 0 Å². The topological polar surface area (TPSA) is 234 Å². The average Bonchev–Trinajstić information content (AvgIpc) is 4.11. The number of unbranched alkanes of at least 4 members (excludes halogenated alkanes) is 3. The number of nitrogens with two attached hydrogens (primary N) is 2. The summed E-state index contributed by atoms with van der Waals surface area (Å²) in [5.41, 5.74) is 18.5. The molecule has 2 aliphatic rings. The summed E-state index contributed by atoms with van der Waals surface area (Å²) >= 11 is 0. The van der Waals surface area contributed by atoms with Crippen molar-refractivity contribution in [2.75, 3.05) is 47.6 Å². The van der Waals surface area contributed by atoms with E-state index in [9.17, 15) is 14.4 Å². The lowest BCUT2D eigenvalue weighted by Crippen LogP contribution is -2.35. The number of aldehydes is 1. The van der Waals surface area contributed by atoms with Gasteiger partial charge < -0.3 is 36.4 Å². The first-order chi connectivity index (χ1) is 34.2. The van der Waals surface area contributed by atoms with Gasteiger partial charge in [-0.25, -0.2) is 14.7 Å². The zero-order valence-corrected chi connectivity index (χ0v) is 43.2. The van der Waals surface area contributed by atoms with E-state index in [1.54, 1.807) is 38.5 Å². The summed E-state index contributed by atoms with van der Waals surface area (Å²) in [5.74, 6) is 6.82. The number of amides is 2. The molecule has 2 aromatic carbocycles. The molecule has 17 heteroatoms. The van der Waals surface area contributed by atoms with Crippen molar-refractivity contribution >= 4 is 44.1 Å². The minimum Gasteiger partial charge on any atom is -0.390 e. The van der Waals surface area contributed by atoms with Gasteiger partial charge in [-0.15, -0.1) is 5.10 Å². The molecule has 7 N–H and O–H groups in total. The van der Waals surface area contributed by atoms with Crippen molar-refractivity contribution < 1.29 is 28.7 Å². The SMILES string of the molecule is C=O.CCC=Nc1ccc(-c2cn(C3CCC(NCCOCCCC#Cc4cccc(C=O)c4CN(C)NC=O)CC3)nn2)cc1.CCCCC.CCN.COC.NC=N/C=C(/NC=O)C1CCCC1. The van der Waals surface area contributed by atoms with Crippen LogP contribution >= 0.6 is 0 Å². The number of nitrogens with one attached hydrogen (secondary N) is 3. The molecular weight excluding hydrogens is 887 g/mol. The first kappa shape index (κ1) is 64.1. The fourth-order valence-electron chi connectivity index (χ4n) is 7.33. The lowest BCUT2D eigenvalue weighted by molar-refractivity contribution is -0.113. The maximum absolute atomic E-state index is 11.5. The van der Waals surface area contributed by atoms with E-state index < -0.39 is 0 Å². The van der Waals surface area contributed by atoms with Crippen LogP contribution in [0.15, 0.2) is 70.5 Å². The van der Waals surface area contributed by atoms with Crippen LogP contribution in [-0.2, 0) is 30.4 Å². The molecule has 2 amide bonds. The van der Waals surface area contributed by atoms with E-state index in [0.717, 1.165) is 105 Å². The Morgan fingerprint density at radius 3 is 2.19 bits per heavy atom. The van der Waals surface area contributed by atoms with Crippen LogP contribution in [0.3, 0.4) is 0 Å². The summed E-state index contributed by atoms with van der Waals surface area (Å²) < 4.78 is 12.1. The van der Waals surface area contributed by atoms with E-state index in [-0.39, 0.29) is 0 Å². The highest BCUT2D eigenvalue weighted by Crippen LogP contribution is 2.30. The van der Waals surface area contributed by atoms with E-state index in [0.29, 0.717) is 62.6 Å². The van der Waals surface area contributed by atoms with Gasteiger partial charge in [0.15, 0.2) is 0 Å². The van der Waals surface area contributed by atoms with Crippen molar-refractivity contribution in [2.45, 2.75) is 136 Å². The number of hydrogen-bond donors (Lipinski definition) is 5. The predicted molar refractivity (Wildman–Crippen MR) is 285 cm³/mol. The molecule has 3 aromatic rings. The van der Waals surface area contributed by atoms with E-state index in [1.807, 2.05) is 48.9 Å². The second-order valence-corrected chi connectivity index (χ2v) is 16.2. The Hall–Kier alpha value is -5.90. The molecule has 70 heavy (non-hydrogen) atoms. The zero-order chi connectivity index (χ0) is 52.0. The van der Waals surface area contributed by atoms with Crippen LogP contribution in [0.25, 0.3) is 11.3 Å². The van der Waals surface area contributed by atoms with Crippen molar-refractivity contribution in [1.82, 2.24) is 36.1 Å². The number of hydrazine groups is 1. The number of allylic oxidation sites excluding steroid dienone is 1. The molecule has 17 nitrogen and oxygen atoms in total. The van der Waals surface area contributed by atoms with Gasteiger partial charge in [-0.3, -0.25) is 24.8 Å². The number of benzene rings is 2. The number of methoxy groups -OCH3 is 1. The molecule has 5 rings (SSSR count). The highest BCUT2D eigenvalue weighted by atomic mass is 16.5. The largest absolute Gasteiger partial charge is 0.390 e. The minimum atomic E-state index is 0.381. The number of carbonyl (C=O) groups is 4. The Bertz CT molecular complexity index is 1930. The lowest BCUT2D eigenvalue weighted by atomic mass is 9.91. The molecule has 0 aliphatic heterocycles. The van der Waals surface area contributed by atoms with Gasteiger partial charge in [-0.05, 0) is 81.7 Å². The van der Waals surface area contributed by atoms with Gasteiger partial charge >= 0.3 is 0 Å². The molecule has 0 saturated heterocycles. The maximum atomic E-state index is 11.5. The van der Waals surface area contributed by atoms with Crippen LogP contribution < -0.4 is 27.5 Å². The average molecular weight is 972 g/mol. The van der Waals surface area contributed by atoms with Crippen molar-refractivity contribution in [1.29, 1.82) is 0 Å². The molecule has 0 spiro atoms. The third kappa shape index (κ3) is 28.6. The molecule has 0 radical (unpaired) electrons. The molecule has 0 unspecified atom stereocenters. The second-order valence-electron chi connectivity index (χ2n) is 16.2. The Morgan fingerprint density at radius 2 is 1.61 bits per heavy atom. The molecular formula is C53H85N11O6. The van der Waals surface area contributed by atoms with Crippen LogP contribution in [-0.4, -0.2) is 112 Å². The summed E-state index contributed by atoms with van der Waals surface area (Å²) in [4.78, 5) is 48.7. The van der Waals surface area contributed by atoms with Gasteiger partial charge in [0.05, 0.1) is 30.9 Å². The molecule has 0 bridgehead atoms. The summed E-state index contributed by atoms with van der Waals surface area (Å²) in [5, 5.41) is 16.8. The number of carbonyl (C=O) groups excluding carboxylic acids is 4. The summed E-state index contributed by atoms with van der Waals surface area (Å²) in [6.45, 7) is 13.7. The van der Waals surface area contributed by atoms with Gasteiger partial charge in [0.25, 0.3) is 0 Å². The van der Waals surface area contributed by atoms with Gasteiger partial charge in [0.2, 0.25) is 12.8 Å². The van der Waals surface area contributed by atoms with E-state index in [1.165, 1.54) is 38.4 Å². The highest BCUT2D eigenvalue weighted by molar-refractivity contribution is 5.78. The Kier molecular flexibility index (Phi) is 40.6. The van der Waals surface area contributed by atoms with Crippen molar-refractivity contribution in [3.8, 4) is 23.1 Å². The summed E-state index contributed by atoms with van der Waals surface area (Å²) in [6, 6.07) is 14.5. The Labute approximate surface area is 419 Å². The zero-order valence-electron chi connectivity index (χ0n) is 43.2. The first-order valence-electron chi connectivity index (χ1n) is 24.6. The van der Waals surface area contributed by atoms with Gasteiger partial charge in [-0.2, -0.15) is 0 Å². The number of ether oxygens (including phenoxy) is 2. The number of nitrogens with zero attached hydrogens (tertiary/aromatic N) is 6. The standard InChI is InChI=1S/C34H43N7O3.C9H15N3O.C5H12.C2H7N.C2H6O.CH2O/c1-3-19-35-30-13-11-28(12-14-30)34-24-41(39-38-34)32-17-15-31(16-18-32)36-20-22-44-21-6-4-5-8-27-9-7-10-29(25-42)33(27)23-40(2)37-26-43;10-6-11-5-9(12-7-13)8-3-1-2-4-8;1-3-5-4-2;1-2-3;1-3-2;1-2/h7,9-14,19,24-26,31-32,36H,3-4,6,15-18,20-23H2,1-2H3,(H,37,43);5-8H,1-4H2,(H2,10,11)(H,12,13);3-5H2,1-2H3;2-3H2,1H3;1-2H3;1H2/b;9-5+;;;;. The van der Waals surface area contributed by atoms with Crippen LogP contribution in [0.5, 0.6) is 0 Å². The third-order valence-electron chi connectivity index (χ3n) is 10.7. The van der Waals surface area contributed by atoms with Crippen LogP contribution in [0.2, 0.25) is 0 Å². The Balaban J connectivity index is 0.00000150. The van der Waals surface area contributed by atoms with Crippen molar-refractivity contribution in [3.63, 3.8) is 0 Å². The number of aromatic nitrogens is 3. The highest BCUT2D eigenvalue weighted by Gasteiger charge is 2.23. The number of aliphatic imine (C=N–C) groups is 2. The molecule has 0 atom stereocenters. The quantitative estimate of drug-likeness (QED) is 0.0162. The molecule has 388 valence electrons. The molecule has 2 fully saturated rings. The molecule has 1 aromatic heterocycles. The fraction of sp³-hybridized carbons (Fsp3) is 0.547. The van der Waals surface area contributed by atoms with Crippen LogP contribution in [0.4, 0.5) is 5.69 Å². The minimum absolute atomic E-state index is 0.381. The lowest BCUT2D eigenvalue weighted by Gasteiger charge is -2.29. The van der Waals surface area contributed by atoms with Gasteiger partial charge in [-0.1, -0.05) is 101 Å². The predicted octanol–water partition coefficient (Wildman–Crippen LogP) is 7.87. The van der Waals surface area contributed by atoms with E-state index in [2.05, 4.69) is 92.0 Å². The number of rotatable bonds is 22. The van der Waals surface area contributed by atoms with E-state index in [4.69, 9.17) is 21.0 Å². The van der Waals surface area contributed by atoms with Crippen molar-refractivity contribution in [3.05, 3.63) is 77.2 Å². The molecule has 2 saturated carbocycles. The van der Waals surface area contributed by atoms with Gasteiger partial charge in [0.1, 0.15) is 18.8 Å². The monoisotopic (exact) mass is 972 g/mol. The third-order valence-corrected chi connectivity index (χ3v) is 10.7. The summed E-state index contributed by atoms with van der Waals surface area (Å²) in [6.07, 6.45) is 24.6. The normalized spacial score (nSPS) is 15.2. The molecule has 1 heterocycles. The number of hydrogen-bond acceptors (Lipinski definition) is 13. The molecule has 2 aliphatic carbocycles. The van der Waals surface area contributed by atoms with Crippen molar-refractivity contribution in [2.24, 2.45) is 27.4 Å². The smallest absolute Gasteiger partial charge is 0.221 e. The van der Waals surface area contributed by atoms with Crippen LogP contribution in [0.1, 0.15) is 145 Å².